The highest BCUT2D eigenvalue weighted by Crippen LogP contribution is 2.36. The maximum Gasteiger partial charge on any atom is 0.360 e. The van der Waals surface area contributed by atoms with E-state index in [0.29, 0.717) is 23.7 Å². The molecule has 0 spiro atoms. The Morgan fingerprint density at radius 3 is 2.83 bits per heavy atom. The molecular weight excluding hydrogens is 412 g/mol. The molecule has 4 rings (SSSR count). The van der Waals surface area contributed by atoms with E-state index in [1.807, 2.05) is 30.3 Å². The largest absolute Gasteiger partial charge is 0.461 e. The van der Waals surface area contributed by atoms with E-state index >= 15 is 0 Å². The molecule has 9 heteroatoms. The smallest absolute Gasteiger partial charge is 0.360 e. The molecule has 0 aliphatic carbocycles. The minimum Gasteiger partial charge on any atom is -0.461 e. The van der Waals surface area contributed by atoms with Gasteiger partial charge >= 0.3 is 5.97 Å². The van der Waals surface area contributed by atoms with Gasteiger partial charge in [-0.25, -0.2) is 13.2 Å². The fraction of sp³-hybridized carbons (Fsp3) is 0.300. The molecule has 1 saturated heterocycles. The van der Waals surface area contributed by atoms with Gasteiger partial charge in [-0.1, -0.05) is 35.5 Å². The van der Waals surface area contributed by atoms with Gasteiger partial charge < -0.3 is 9.26 Å². The van der Waals surface area contributed by atoms with Gasteiger partial charge in [-0.2, -0.15) is 4.31 Å². The van der Waals surface area contributed by atoms with Crippen LogP contribution in [0.2, 0.25) is 0 Å². The van der Waals surface area contributed by atoms with Crippen LogP contribution in [0.5, 0.6) is 0 Å². The molecule has 0 unspecified atom stereocenters. The molecule has 29 heavy (non-hydrogen) atoms. The average molecular weight is 433 g/mol. The summed E-state index contributed by atoms with van der Waals surface area (Å²) in [6.07, 6.45) is 0.798. The van der Waals surface area contributed by atoms with Crippen molar-refractivity contribution in [3.8, 4) is 10.6 Å². The lowest BCUT2D eigenvalue weighted by atomic mass is 9.99. The first kappa shape index (κ1) is 19.8. The Balaban J connectivity index is 1.51. The highest BCUT2D eigenvalue weighted by molar-refractivity contribution is 7.91. The Morgan fingerprint density at radius 2 is 2.07 bits per heavy atom. The minimum atomic E-state index is -3.59. The van der Waals surface area contributed by atoms with Crippen LogP contribution in [0.3, 0.4) is 0 Å². The zero-order valence-corrected chi connectivity index (χ0v) is 17.4. The van der Waals surface area contributed by atoms with Gasteiger partial charge in [0.15, 0.2) is 11.5 Å². The molecule has 1 atom stereocenters. The number of esters is 1. The summed E-state index contributed by atoms with van der Waals surface area (Å²) in [4.78, 5) is 12.3. The number of thiophene rings is 1. The molecule has 0 N–H and O–H groups in total. The van der Waals surface area contributed by atoms with Crippen LogP contribution in [0.25, 0.3) is 10.6 Å². The fourth-order valence-corrected chi connectivity index (χ4v) is 6.26. The minimum absolute atomic E-state index is 0.0601. The van der Waals surface area contributed by atoms with Crippen molar-refractivity contribution < 1.29 is 22.5 Å². The van der Waals surface area contributed by atoms with E-state index in [1.165, 1.54) is 10.4 Å². The van der Waals surface area contributed by atoms with Crippen molar-refractivity contribution in [2.45, 2.75) is 23.5 Å². The van der Waals surface area contributed by atoms with Crippen LogP contribution >= 0.6 is 11.3 Å². The summed E-state index contributed by atoms with van der Waals surface area (Å²) in [5.74, 6) is -0.0363. The van der Waals surface area contributed by atoms with Crippen molar-refractivity contribution in [3.05, 3.63) is 59.8 Å². The Morgan fingerprint density at radius 1 is 1.28 bits per heavy atom. The van der Waals surface area contributed by atoms with Crippen LogP contribution in [0.4, 0.5) is 0 Å². The quantitative estimate of drug-likeness (QED) is 0.551. The summed E-state index contributed by atoms with van der Waals surface area (Å²) >= 11 is 1.10. The number of sulfonamides is 1. The molecule has 0 bridgehead atoms. The zero-order chi connectivity index (χ0) is 20.4. The molecule has 2 aromatic heterocycles. The molecule has 1 aliphatic rings. The first-order valence-electron chi connectivity index (χ1n) is 9.28. The van der Waals surface area contributed by atoms with E-state index in [0.717, 1.165) is 23.3 Å². The molecule has 3 heterocycles. The highest BCUT2D eigenvalue weighted by atomic mass is 32.2. The lowest BCUT2D eigenvalue weighted by Gasteiger charge is -2.15. The first-order chi connectivity index (χ1) is 14.0. The first-order valence-corrected chi connectivity index (χ1v) is 11.5. The van der Waals surface area contributed by atoms with E-state index in [-0.39, 0.29) is 22.4 Å². The number of rotatable bonds is 6. The Bertz CT molecular complexity index is 1100. The van der Waals surface area contributed by atoms with Gasteiger partial charge in [0, 0.05) is 19.2 Å². The van der Waals surface area contributed by atoms with Crippen molar-refractivity contribution in [1.29, 1.82) is 0 Å². The van der Waals surface area contributed by atoms with Crippen LogP contribution in [0.1, 0.15) is 35.3 Å². The molecule has 0 saturated carbocycles. The van der Waals surface area contributed by atoms with Crippen molar-refractivity contribution in [2.75, 3.05) is 19.7 Å². The third-order valence-corrected chi connectivity index (χ3v) is 8.27. The molecular formula is C20H20N2O5S2. The summed E-state index contributed by atoms with van der Waals surface area (Å²) in [5, 5.41) is 3.70. The van der Waals surface area contributed by atoms with Crippen molar-refractivity contribution in [3.63, 3.8) is 0 Å². The second-order valence-corrected chi connectivity index (χ2v) is 9.92. The van der Waals surface area contributed by atoms with Gasteiger partial charge in [-0.05, 0) is 37.0 Å². The topological polar surface area (TPSA) is 89.7 Å². The molecule has 3 aromatic rings. The summed E-state index contributed by atoms with van der Waals surface area (Å²) in [5.41, 5.74) is 1.22. The van der Waals surface area contributed by atoms with Crippen LogP contribution in [-0.2, 0) is 14.8 Å². The summed E-state index contributed by atoms with van der Waals surface area (Å²) in [7, 11) is -3.59. The maximum atomic E-state index is 13.1. The van der Waals surface area contributed by atoms with Gasteiger partial charge in [0.05, 0.1) is 11.5 Å². The Kier molecular flexibility index (Phi) is 5.53. The van der Waals surface area contributed by atoms with E-state index < -0.39 is 16.0 Å². The van der Waals surface area contributed by atoms with Crippen LogP contribution < -0.4 is 0 Å². The fourth-order valence-electron chi connectivity index (χ4n) is 3.35. The molecule has 0 radical (unpaired) electrons. The number of hydrogen-bond donors (Lipinski definition) is 0. The van der Waals surface area contributed by atoms with Gasteiger partial charge in [-0.15, -0.1) is 11.3 Å². The van der Waals surface area contributed by atoms with Crippen LogP contribution in [0.15, 0.2) is 57.3 Å². The Labute approximate surface area is 172 Å². The van der Waals surface area contributed by atoms with E-state index in [9.17, 15) is 13.2 Å². The monoisotopic (exact) mass is 432 g/mol. The normalized spacial score (nSPS) is 17.5. The highest BCUT2D eigenvalue weighted by Gasteiger charge is 2.34. The number of aromatic nitrogens is 1. The van der Waals surface area contributed by atoms with Crippen LogP contribution in [0, 0.1) is 0 Å². The molecule has 0 amide bonds. The number of carbonyl (C=O) groups is 1. The predicted molar refractivity (Wildman–Crippen MR) is 108 cm³/mol. The third-order valence-electron chi connectivity index (χ3n) is 4.84. The standard InChI is InChI=1S/C20H20N2O5S2/c1-2-26-20(23)16-12-17(27-21-16)18-8-9-19(28-18)29(24,25)22-11-10-15(13-22)14-6-4-3-5-7-14/h3-9,12,15H,2,10-11,13H2,1H3/t15-/m0/s1. The second-order valence-electron chi connectivity index (χ2n) is 6.67. The number of carbonyl (C=O) groups excluding carboxylic acids is 1. The van der Waals surface area contributed by atoms with Crippen molar-refractivity contribution in [2.24, 2.45) is 0 Å². The summed E-state index contributed by atoms with van der Waals surface area (Å²) in [6.45, 7) is 2.90. The summed E-state index contributed by atoms with van der Waals surface area (Å²) in [6, 6.07) is 14.7. The number of benzene rings is 1. The number of ether oxygens (including phenoxy) is 1. The van der Waals surface area contributed by atoms with E-state index in [4.69, 9.17) is 9.26 Å². The van der Waals surface area contributed by atoms with Gasteiger partial charge in [-0.3, -0.25) is 0 Å². The molecule has 7 nitrogen and oxygen atoms in total. The molecule has 1 aromatic carbocycles. The average Bonchev–Trinajstić information content (AvgIpc) is 3.49. The summed E-state index contributed by atoms with van der Waals surface area (Å²) < 4.78 is 38.0. The van der Waals surface area contributed by atoms with Crippen molar-refractivity contribution in [1.82, 2.24) is 9.46 Å². The third kappa shape index (κ3) is 3.98. The second kappa shape index (κ2) is 8.10. The van der Waals surface area contributed by atoms with Gasteiger partial charge in [0.2, 0.25) is 0 Å². The molecule has 152 valence electrons. The lowest BCUT2D eigenvalue weighted by molar-refractivity contribution is 0.0514. The van der Waals surface area contributed by atoms with E-state index in [2.05, 4.69) is 5.16 Å². The van der Waals surface area contributed by atoms with E-state index in [1.54, 1.807) is 19.1 Å². The van der Waals surface area contributed by atoms with Crippen LogP contribution in [-0.4, -0.2) is 43.5 Å². The Hall–Kier alpha value is -2.49. The molecule has 1 fully saturated rings. The predicted octanol–water partition coefficient (Wildman–Crippen LogP) is 3.76. The number of nitrogens with zero attached hydrogens (tertiary/aromatic N) is 2. The van der Waals surface area contributed by atoms with Gasteiger partial charge in [0.25, 0.3) is 10.0 Å². The molecule has 1 aliphatic heterocycles. The van der Waals surface area contributed by atoms with Gasteiger partial charge in [0.1, 0.15) is 4.21 Å². The lowest BCUT2D eigenvalue weighted by Crippen LogP contribution is -2.28. The number of hydrogen-bond acceptors (Lipinski definition) is 7. The zero-order valence-electron chi connectivity index (χ0n) is 15.8. The van der Waals surface area contributed by atoms with Crippen molar-refractivity contribution >= 4 is 27.3 Å². The maximum absolute atomic E-state index is 13.1. The SMILES string of the molecule is CCOC(=O)c1cc(-c2ccc(S(=O)(=O)N3CC[C@H](c4ccccc4)C3)s2)on1.